The molecule has 2 rings (SSSR count). The third-order valence-electron chi connectivity index (χ3n) is 4.04. The maximum atomic E-state index is 11.8. The molecule has 0 bridgehead atoms. The van der Waals surface area contributed by atoms with Crippen molar-refractivity contribution in [3.63, 3.8) is 0 Å². The summed E-state index contributed by atoms with van der Waals surface area (Å²) < 4.78 is 23.5. The number of nitrogens with zero attached hydrogens (tertiary/aromatic N) is 1. The second-order valence-corrected chi connectivity index (χ2v) is 7.56. The van der Waals surface area contributed by atoms with E-state index in [4.69, 9.17) is 0 Å². The van der Waals surface area contributed by atoms with Gasteiger partial charge < -0.3 is 4.90 Å². The van der Waals surface area contributed by atoms with E-state index in [0.29, 0.717) is 29.6 Å². The Morgan fingerprint density at radius 3 is 2.20 bits per heavy atom. The van der Waals surface area contributed by atoms with Gasteiger partial charge in [-0.15, -0.1) is 0 Å². The maximum Gasteiger partial charge on any atom is 0.178 e. The van der Waals surface area contributed by atoms with Crippen LogP contribution in [0.15, 0.2) is 29.2 Å². The zero-order valence-corrected chi connectivity index (χ0v) is 12.8. The Labute approximate surface area is 120 Å². The lowest BCUT2D eigenvalue weighted by Gasteiger charge is -2.32. The van der Waals surface area contributed by atoms with Crippen LogP contribution in [0.3, 0.4) is 0 Å². The zero-order valence-electron chi connectivity index (χ0n) is 12.0. The van der Waals surface area contributed by atoms with Gasteiger partial charge in [-0.3, -0.25) is 4.79 Å². The number of anilines is 1. The summed E-state index contributed by atoms with van der Waals surface area (Å²) in [4.78, 5) is 13.8. The summed E-state index contributed by atoms with van der Waals surface area (Å²) in [6.07, 6.45) is 3.06. The largest absolute Gasteiger partial charge is 0.372 e. The SMILES string of the molecule is CCS(=O)(=O)c1ccc(N(C)C2CCC(=O)CC2)cc1. The predicted octanol–water partition coefficient (Wildman–Crippen LogP) is 2.43. The molecule has 1 aliphatic rings. The molecule has 1 aromatic rings. The number of Topliss-reactive ketones (excluding diaryl/α,β-unsaturated/α-hetero) is 1. The highest BCUT2D eigenvalue weighted by molar-refractivity contribution is 7.91. The van der Waals surface area contributed by atoms with Crippen LogP contribution in [0.1, 0.15) is 32.6 Å². The van der Waals surface area contributed by atoms with Gasteiger partial charge >= 0.3 is 0 Å². The van der Waals surface area contributed by atoms with Crippen molar-refractivity contribution in [2.75, 3.05) is 17.7 Å². The smallest absolute Gasteiger partial charge is 0.178 e. The van der Waals surface area contributed by atoms with E-state index in [1.807, 2.05) is 19.2 Å². The van der Waals surface area contributed by atoms with Crippen LogP contribution in [-0.2, 0) is 14.6 Å². The number of ketones is 1. The van der Waals surface area contributed by atoms with E-state index in [0.717, 1.165) is 18.5 Å². The molecule has 1 aromatic carbocycles. The average Bonchev–Trinajstić information content (AvgIpc) is 2.47. The van der Waals surface area contributed by atoms with Gasteiger partial charge in [-0.25, -0.2) is 8.42 Å². The van der Waals surface area contributed by atoms with E-state index in [2.05, 4.69) is 4.90 Å². The van der Waals surface area contributed by atoms with Gasteiger partial charge in [-0.2, -0.15) is 0 Å². The van der Waals surface area contributed by atoms with E-state index in [9.17, 15) is 13.2 Å². The van der Waals surface area contributed by atoms with Gasteiger partial charge in [0.15, 0.2) is 9.84 Å². The first kappa shape index (κ1) is 15.0. The third-order valence-corrected chi connectivity index (χ3v) is 5.79. The van der Waals surface area contributed by atoms with Crippen LogP contribution in [0.4, 0.5) is 5.69 Å². The summed E-state index contributed by atoms with van der Waals surface area (Å²) in [6.45, 7) is 1.65. The monoisotopic (exact) mass is 295 g/mol. The van der Waals surface area contributed by atoms with Crippen LogP contribution in [0.5, 0.6) is 0 Å². The number of hydrogen-bond acceptors (Lipinski definition) is 4. The lowest BCUT2D eigenvalue weighted by Crippen LogP contribution is -2.35. The molecule has 0 heterocycles. The lowest BCUT2D eigenvalue weighted by molar-refractivity contribution is -0.120. The summed E-state index contributed by atoms with van der Waals surface area (Å²) in [5.74, 6) is 0.464. The summed E-state index contributed by atoms with van der Waals surface area (Å²) in [7, 11) is -1.13. The highest BCUT2D eigenvalue weighted by Crippen LogP contribution is 2.25. The van der Waals surface area contributed by atoms with Crippen molar-refractivity contribution in [3.05, 3.63) is 24.3 Å². The molecule has 1 aliphatic carbocycles. The van der Waals surface area contributed by atoms with Gasteiger partial charge in [0, 0.05) is 31.6 Å². The molecule has 0 amide bonds. The molecule has 0 aromatic heterocycles. The van der Waals surface area contributed by atoms with E-state index in [-0.39, 0.29) is 5.75 Å². The molecule has 0 radical (unpaired) electrons. The maximum absolute atomic E-state index is 11.8. The Bertz CT molecular complexity index is 568. The van der Waals surface area contributed by atoms with E-state index in [1.165, 1.54) is 0 Å². The van der Waals surface area contributed by atoms with Crippen LogP contribution >= 0.6 is 0 Å². The van der Waals surface area contributed by atoms with Gasteiger partial charge in [0.1, 0.15) is 5.78 Å². The van der Waals surface area contributed by atoms with Crippen molar-refractivity contribution < 1.29 is 13.2 Å². The Kier molecular flexibility index (Phi) is 4.48. The van der Waals surface area contributed by atoms with Crippen molar-refractivity contribution in [2.24, 2.45) is 0 Å². The Morgan fingerprint density at radius 2 is 1.70 bits per heavy atom. The average molecular weight is 295 g/mol. The molecule has 0 unspecified atom stereocenters. The molecule has 0 saturated heterocycles. The van der Waals surface area contributed by atoms with Crippen LogP contribution in [0, 0.1) is 0 Å². The number of carbonyl (C=O) groups is 1. The van der Waals surface area contributed by atoms with E-state index < -0.39 is 9.84 Å². The van der Waals surface area contributed by atoms with E-state index >= 15 is 0 Å². The van der Waals surface area contributed by atoms with E-state index in [1.54, 1.807) is 19.1 Å². The van der Waals surface area contributed by atoms with Crippen molar-refractivity contribution in [2.45, 2.75) is 43.5 Å². The fourth-order valence-corrected chi connectivity index (χ4v) is 3.46. The minimum atomic E-state index is -3.14. The van der Waals surface area contributed by atoms with Crippen molar-refractivity contribution in [1.82, 2.24) is 0 Å². The van der Waals surface area contributed by atoms with Gasteiger partial charge in [0.2, 0.25) is 0 Å². The van der Waals surface area contributed by atoms with Crippen LogP contribution < -0.4 is 4.90 Å². The molecule has 1 fully saturated rings. The molecular weight excluding hydrogens is 274 g/mol. The minimum Gasteiger partial charge on any atom is -0.372 e. The molecular formula is C15H21NO3S. The highest BCUT2D eigenvalue weighted by Gasteiger charge is 2.22. The number of rotatable bonds is 4. The van der Waals surface area contributed by atoms with Crippen LogP contribution in [0.25, 0.3) is 0 Å². The summed E-state index contributed by atoms with van der Waals surface area (Å²) in [6, 6.07) is 7.39. The second-order valence-electron chi connectivity index (χ2n) is 5.28. The summed E-state index contributed by atoms with van der Waals surface area (Å²) >= 11 is 0. The van der Waals surface area contributed by atoms with Gasteiger partial charge in [-0.1, -0.05) is 6.92 Å². The fourth-order valence-electron chi connectivity index (χ4n) is 2.58. The molecule has 20 heavy (non-hydrogen) atoms. The molecule has 1 saturated carbocycles. The normalized spacial score (nSPS) is 17.2. The molecule has 5 heteroatoms. The quantitative estimate of drug-likeness (QED) is 0.856. The minimum absolute atomic E-state index is 0.118. The molecule has 110 valence electrons. The first-order valence-electron chi connectivity index (χ1n) is 7.01. The molecule has 4 nitrogen and oxygen atoms in total. The Hall–Kier alpha value is -1.36. The summed E-state index contributed by atoms with van der Waals surface area (Å²) in [5, 5.41) is 0. The first-order valence-corrected chi connectivity index (χ1v) is 8.66. The van der Waals surface area contributed by atoms with Crippen LogP contribution in [-0.4, -0.2) is 33.0 Å². The van der Waals surface area contributed by atoms with Crippen molar-refractivity contribution >= 4 is 21.3 Å². The second kappa shape index (κ2) is 5.95. The Morgan fingerprint density at radius 1 is 1.15 bits per heavy atom. The third kappa shape index (κ3) is 3.20. The lowest BCUT2D eigenvalue weighted by atomic mass is 9.93. The number of sulfone groups is 1. The summed E-state index contributed by atoms with van der Waals surface area (Å²) in [5.41, 5.74) is 0.999. The van der Waals surface area contributed by atoms with Gasteiger partial charge in [0.05, 0.1) is 10.6 Å². The van der Waals surface area contributed by atoms with Gasteiger partial charge in [-0.05, 0) is 37.1 Å². The molecule has 0 aliphatic heterocycles. The fraction of sp³-hybridized carbons (Fsp3) is 0.533. The molecule has 0 N–H and O–H groups in total. The van der Waals surface area contributed by atoms with Crippen LogP contribution in [0.2, 0.25) is 0 Å². The number of carbonyl (C=O) groups excluding carboxylic acids is 1. The highest BCUT2D eigenvalue weighted by atomic mass is 32.2. The topological polar surface area (TPSA) is 54.5 Å². The van der Waals surface area contributed by atoms with Gasteiger partial charge in [0.25, 0.3) is 0 Å². The molecule has 0 spiro atoms. The van der Waals surface area contributed by atoms with Crippen molar-refractivity contribution in [3.8, 4) is 0 Å². The standard InChI is InChI=1S/C15H21NO3S/c1-3-20(18,19)15-10-6-13(7-11-15)16(2)12-4-8-14(17)9-5-12/h6-7,10-12H,3-5,8-9H2,1-2H3. The number of benzene rings is 1. The predicted molar refractivity (Wildman–Crippen MR) is 79.8 cm³/mol. The molecule has 0 atom stereocenters. The number of hydrogen-bond donors (Lipinski definition) is 0. The zero-order chi connectivity index (χ0) is 14.8. The Balaban J connectivity index is 2.12. The first-order chi connectivity index (χ1) is 9.44. The van der Waals surface area contributed by atoms with Crippen molar-refractivity contribution in [1.29, 1.82) is 0 Å².